The third-order valence-corrected chi connectivity index (χ3v) is 8.87. The predicted molar refractivity (Wildman–Crippen MR) is 61.4 cm³/mol. The van der Waals surface area contributed by atoms with Crippen molar-refractivity contribution in [3.63, 3.8) is 0 Å². The predicted octanol–water partition coefficient (Wildman–Crippen LogP) is 4.46. The van der Waals surface area contributed by atoms with Crippen LogP contribution in [0.15, 0.2) is 12.2 Å². The van der Waals surface area contributed by atoms with Crippen LogP contribution in [0.2, 0.25) is 24.2 Å². The first kappa shape index (κ1) is 12.0. The lowest BCUT2D eigenvalue weighted by atomic mass is 10.4. The van der Waals surface area contributed by atoms with E-state index in [-0.39, 0.29) is 0 Å². The summed E-state index contributed by atoms with van der Waals surface area (Å²) in [7, 11) is -0.906. The zero-order valence-electron chi connectivity index (χ0n) is 9.24. The molecule has 0 rings (SSSR count). The molecule has 0 aliphatic heterocycles. The van der Waals surface area contributed by atoms with Crippen molar-refractivity contribution >= 4 is 8.07 Å². The third kappa shape index (κ3) is 3.57. The highest BCUT2D eigenvalue weighted by Gasteiger charge is 2.27. The monoisotopic (exact) mass is 184 g/mol. The summed E-state index contributed by atoms with van der Waals surface area (Å²) in [6.45, 7) is 13.3. The van der Waals surface area contributed by atoms with Gasteiger partial charge in [-0.15, -0.1) is 6.58 Å². The van der Waals surface area contributed by atoms with Gasteiger partial charge in [-0.05, 0) is 13.0 Å². The molecule has 0 aromatic carbocycles. The van der Waals surface area contributed by atoms with E-state index in [9.17, 15) is 0 Å². The van der Waals surface area contributed by atoms with Crippen LogP contribution < -0.4 is 0 Å². The third-order valence-electron chi connectivity index (χ3n) is 2.96. The fourth-order valence-electron chi connectivity index (χ4n) is 2.11. The summed E-state index contributed by atoms with van der Waals surface area (Å²) in [6, 6.07) is 5.72. The maximum absolute atomic E-state index is 4.05. The van der Waals surface area contributed by atoms with Crippen molar-refractivity contribution in [2.75, 3.05) is 0 Å². The zero-order chi connectivity index (χ0) is 9.61. The maximum Gasteiger partial charge on any atom is 0.0570 e. The molecule has 0 aliphatic carbocycles. The largest absolute Gasteiger partial charge is 0.100 e. The SMILES string of the molecule is C=C(C)C[Si](CC)(CC)CCC. The number of rotatable bonds is 6. The van der Waals surface area contributed by atoms with Gasteiger partial charge in [0.2, 0.25) is 0 Å². The Morgan fingerprint density at radius 1 is 1.17 bits per heavy atom. The Labute approximate surface area is 79.1 Å². The summed E-state index contributed by atoms with van der Waals surface area (Å²) >= 11 is 0. The molecule has 0 unspecified atom stereocenters. The molecule has 0 aliphatic rings. The van der Waals surface area contributed by atoms with Crippen LogP contribution in [0, 0.1) is 0 Å². The molecule has 0 spiro atoms. The molecule has 72 valence electrons. The van der Waals surface area contributed by atoms with Gasteiger partial charge in [0.25, 0.3) is 0 Å². The van der Waals surface area contributed by atoms with Gasteiger partial charge in [-0.25, -0.2) is 0 Å². The lowest BCUT2D eigenvalue weighted by molar-refractivity contribution is 0.994. The van der Waals surface area contributed by atoms with Crippen molar-refractivity contribution < 1.29 is 0 Å². The molecule has 0 amide bonds. The molecule has 0 nitrogen and oxygen atoms in total. The van der Waals surface area contributed by atoms with Crippen molar-refractivity contribution in [2.24, 2.45) is 0 Å². The molecule has 0 aromatic heterocycles. The number of hydrogen-bond acceptors (Lipinski definition) is 0. The summed E-state index contributed by atoms with van der Waals surface area (Å²) in [6.07, 6.45) is 1.36. The molecule has 0 atom stereocenters. The highest BCUT2D eigenvalue weighted by atomic mass is 28.3. The van der Waals surface area contributed by atoms with Gasteiger partial charge in [0, 0.05) is 0 Å². The molecular formula is C11H24Si. The van der Waals surface area contributed by atoms with E-state index in [2.05, 4.69) is 34.3 Å². The van der Waals surface area contributed by atoms with Crippen LogP contribution in [0.5, 0.6) is 0 Å². The van der Waals surface area contributed by atoms with E-state index in [4.69, 9.17) is 0 Å². The van der Waals surface area contributed by atoms with Crippen molar-refractivity contribution in [1.82, 2.24) is 0 Å². The van der Waals surface area contributed by atoms with Gasteiger partial charge in [-0.3, -0.25) is 0 Å². The fraction of sp³-hybridized carbons (Fsp3) is 0.818. The standard InChI is InChI=1S/C11H24Si/c1-6-9-12(7-2,8-3)10-11(4)5/h4,6-10H2,1-3,5H3. The van der Waals surface area contributed by atoms with Crippen LogP contribution in [0.3, 0.4) is 0 Å². The van der Waals surface area contributed by atoms with E-state index in [1.807, 2.05) is 0 Å². The van der Waals surface area contributed by atoms with Crippen LogP contribution >= 0.6 is 0 Å². The minimum Gasteiger partial charge on any atom is -0.100 e. The van der Waals surface area contributed by atoms with Gasteiger partial charge >= 0.3 is 0 Å². The Kier molecular flexibility index (Phi) is 5.56. The molecule has 1 heteroatoms. The van der Waals surface area contributed by atoms with Gasteiger partial charge in [0.05, 0.1) is 8.07 Å². The average Bonchev–Trinajstić information content (AvgIpc) is 2.03. The molecule has 0 bridgehead atoms. The van der Waals surface area contributed by atoms with E-state index >= 15 is 0 Å². The quantitative estimate of drug-likeness (QED) is 0.422. The first-order valence-electron chi connectivity index (χ1n) is 5.24. The van der Waals surface area contributed by atoms with Crippen LogP contribution in [-0.4, -0.2) is 8.07 Å². The van der Waals surface area contributed by atoms with Crippen LogP contribution in [0.1, 0.15) is 34.1 Å². The van der Waals surface area contributed by atoms with Crippen molar-refractivity contribution in [1.29, 1.82) is 0 Å². The molecular weight excluding hydrogens is 160 g/mol. The van der Waals surface area contributed by atoms with Gasteiger partial charge in [-0.1, -0.05) is 50.9 Å². The van der Waals surface area contributed by atoms with Gasteiger partial charge in [-0.2, -0.15) is 0 Å². The second-order valence-corrected chi connectivity index (χ2v) is 9.36. The van der Waals surface area contributed by atoms with E-state index < -0.39 is 8.07 Å². The first-order valence-corrected chi connectivity index (χ1v) is 8.07. The minimum absolute atomic E-state index is 0.906. The first-order chi connectivity index (χ1) is 5.60. The fourth-order valence-corrected chi connectivity index (χ4v) is 6.34. The molecule has 0 radical (unpaired) electrons. The summed E-state index contributed by atoms with van der Waals surface area (Å²) < 4.78 is 0. The Morgan fingerprint density at radius 2 is 1.67 bits per heavy atom. The Bertz CT molecular complexity index is 134. The van der Waals surface area contributed by atoms with Crippen molar-refractivity contribution in [3.8, 4) is 0 Å². The second kappa shape index (κ2) is 5.58. The number of hydrogen-bond donors (Lipinski definition) is 0. The van der Waals surface area contributed by atoms with E-state index in [1.165, 1.54) is 36.2 Å². The Hall–Kier alpha value is -0.0431. The van der Waals surface area contributed by atoms with Crippen molar-refractivity contribution in [3.05, 3.63) is 12.2 Å². The van der Waals surface area contributed by atoms with Gasteiger partial charge in [0.15, 0.2) is 0 Å². The summed E-state index contributed by atoms with van der Waals surface area (Å²) in [5.41, 5.74) is 1.40. The van der Waals surface area contributed by atoms with E-state index in [0.29, 0.717) is 0 Å². The lowest BCUT2D eigenvalue weighted by Crippen LogP contribution is -2.31. The summed E-state index contributed by atoms with van der Waals surface area (Å²) in [5.74, 6) is 0. The van der Waals surface area contributed by atoms with Crippen LogP contribution in [0.25, 0.3) is 0 Å². The topological polar surface area (TPSA) is 0 Å². The summed E-state index contributed by atoms with van der Waals surface area (Å²) in [4.78, 5) is 0. The molecule has 0 N–H and O–H groups in total. The van der Waals surface area contributed by atoms with Crippen LogP contribution in [-0.2, 0) is 0 Å². The maximum atomic E-state index is 4.05. The highest BCUT2D eigenvalue weighted by Crippen LogP contribution is 2.29. The molecule has 0 aromatic rings. The minimum atomic E-state index is -0.906. The molecule has 12 heavy (non-hydrogen) atoms. The van der Waals surface area contributed by atoms with E-state index in [0.717, 1.165) is 0 Å². The van der Waals surface area contributed by atoms with Crippen molar-refractivity contribution in [2.45, 2.75) is 58.3 Å². The average molecular weight is 184 g/mol. The molecule has 0 fully saturated rings. The zero-order valence-corrected chi connectivity index (χ0v) is 10.2. The molecule has 0 saturated heterocycles. The lowest BCUT2D eigenvalue weighted by Gasteiger charge is -2.29. The highest BCUT2D eigenvalue weighted by molar-refractivity contribution is 6.80. The van der Waals surface area contributed by atoms with E-state index in [1.54, 1.807) is 0 Å². The van der Waals surface area contributed by atoms with Crippen LogP contribution in [0.4, 0.5) is 0 Å². The smallest absolute Gasteiger partial charge is 0.0570 e. The van der Waals surface area contributed by atoms with Gasteiger partial charge in [0.1, 0.15) is 0 Å². The normalized spacial score (nSPS) is 11.7. The Morgan fingerprint density at radius 3 is 1.92 bits per heavy atom. The summed E-state index contributed by atoms with van der Waals surface area (Å²) in [5, 5.41) is 0. The molecule has 0 heterocycles. The van der Waals surface area contributed by atoms with Gasteiger partial charge < -0.3 is 0 Å². The second-order valence-electron chi connectivity index (χ2n) is 4.09. The number of allylic oxidation sites excluding steroid dienone is 1. The molecule has 0 saturated carbocycles. The Balaban J connectivity index is 4.23.